The molecule has 1 amide bonds. The van der Waals surface area contributed by atoms with Crippen molar-refractivity contribution in [1.29, 1.82) is 0 Å². The maximum Gasteiger partial charge on any atom is 0.253 e. The van der Waals surface area contributed by atoms with Gasteiger partial charge in [0.2, 0.25) is 5.88 Å². The first kappa shape index (κ1) is 15.7. The summed E-state index contributed by atoms with van der Waals surface area (Å²) in [6.45, 7) is 2.41. The summed E-state index contributed by atoms with van der Waals surface area (Å²) in [5.74, 6) is 1.25. The Morgan fingerprint density at radius 1 is 1.17 bits per heavy atom. The fourth-order valence-electron chi connectivity index (χ4n) is 2.35. The van der Waals surface area contributed by atoms with E-state index in [1.807, 2.05) is 42.0 Å². The number of nitrogens with zero attached hydrogens (tertiary/aromatic N) is 3. The zero-order valence-electron chi connectivity index (χ0n) is 13.6. The van der Waals surface area contributed by atoms with Crippen molar-refractivity contribution >= 4 is 5.91 Å². The molecule has 0 atom stereocenters. The third-order valence-electron chi connectivity index (χ3n) is 3.70. The maximum absolute atomic E-state index is 12.1. The summed E-state index contributed by atoms with van der Waals surface area (Å²) in [6, 6.07) is 11.3. The van der Waals surface area contributed by atoms with Crippen LogP contribution in [0.4, 0.5) is 0 Å². The molecular formula is C18H18N4O2. The smallest absolute Gasteiger partial charge is 0.253 e. The highest BCUT2D eigenvalue weighted by Crippen LogP contribution is 2.12. The molecule has 0 fully saturated rings. The number of methoxy groups -OCH3 is 1. The first-order valence-electron chi connectivity index (χ1n) is 7.55. The Bertz CT molecular complexity index is 823. The van der Waals surface area contributed by atoms with E-state index in [9.17, 15) is 4.79 Å². The van der Waals surface area contributed by atoms with Crippen LogP contribution in [-0.2, 0) is 6.54 Å². The molecule has 6 heteroatoms. The molecule has 0 spiro atoms. The number of carbonyl (C=O) groups excluding carboxylic acids is 1. The Balaban J connectivity index is 1.62. The maximum atomic E-state index is 12.1. The van der Waals surface area contributed by atoms with E-state index in [1.54, 1.807) is 18.3 Å². The van der Waals surface area contributed by atoms with Crippen LogP contribution in [0.5, 0.6) is 5.88 Å². The number of pyridine rings is 1. The van der Waals surface area contributed by atoms with Gasteiger partial charge in [-0.1, -0.05) is 12.1 Å². The number of aryl methyl sites for hydroxylation is 1. The molecule has 0 bridgehead atoms. The minimum absolute atomic E-state index is 0.167. The molecular weight excluding hydrogens is 304 g/mol. The highest BCUT2D eigenvalue weighted by atomic mass is 16.5. The highest BCUT2D eigenvalue weighted by Gasteiger charge is 2.06. The van der Waals surface area contributed by atoms with Crippen molar-refractivity contribution < 1.29 is 9.53 Å². The number of aromatic nitrogens is 3. The van der Waals surface area contributed by atoms with E-state index in [2.05, 4.69) is 15.3 Å². The van der Waals surface area contributed by atoms with Gasteiger partial charge in [0, 0.05) is 36.9 Å². The van der Waals surface area contributed by atoms with Crippen molar-refractivity contribution in [2.24, 2.45) is 0 Å². The van der Waals surface area contributed by atoms with Crippen LogP contribution in [0.2, 0.25) is 0 Å². The molecule has 0 unspecified atom stereocenters. The van der Waals surface area contributed by atoms with Crippen LogP contribution in [0.3, 0.4) is 0 Å². The van der Waals surface area contributed by atoms with E-state index in [0.717, 1.165) is 17.1 Å². The largest absolute Gasteiger partial charge is 0.481 e. The summed E-state index contributed by atoms with van der Waals surface area (Å²) in [5.41, 5.74) is 2.56. The Morgan fingerprint density at radius 3 is 2.54 bits per heavy atom. The third kappa shape index (κ3) is 3.43. The van der Waals surface area contributed by atoms with Gasteiger partial charge < -0.3 is 14.6 Å². The van der Waals surface area contributed by atoms with Crippen LogP contribution in [0.1, 0.15) is 21.7 Å². The average Bonchev–Trinajstić information content (AvgIpc) is 3.06. The number of carbonyl (C=O) groups is 1. The minimum Gasteiger partial charge on any atom is -0.481 e. The number of benzene rings is 1. The van der Waals surface area contributed by atoms with Gasteiger partial charge in [0.25, 0.3) is 5.91 Å². The van der Waals surface area contributed by atoms with Gasteiger partial charge >= 0.3 is 0 Å². The van der Waals surface area contributed by atoms with E-state index in [0.29, 0.717) is 18.0 Å². The molecule has 0 saturated heterocycles. The Morgan fingerprint density at radius 2 is 1.96 bits per heavy atom. The SMILES string of the molecule is COc1ccc(C(=O)NCc2ccc(-n3ccnc3C)cc2)cn1. The lowest BCUT2D eigenvalue weighted by Gasteiger charge is -2.08. The number of hydrogen-bond donors (Lipinski definition) is 1. The lowest BCUT2D eigenvalue weighted by atomic mass is 10.2. The normalized spacial score (nSPS) is 10.4. The first-order chi connectivity index (χ1) is 11.7. The van der Waals surface area contributed by atoms with E-state index in [1.165, 1.54) is 13.3 Å². The molecule has 0 radical (unpaired) electrons. The molecule has 0 aliphatic rings. The lowest BCUT2D eigenvalue weighted by molar-refractivity contribution is 0.0950. The van der Waals surface area contributed by atoms with Gasteiger partial charge in [-0.2, -0.15) is 0 Å². The summed E-state index contributed by atoms with van der Waals surface area (Å²) in [4.78, 5) is 20.4. The van der Waals surface area contributed by atoms with Gasteiger partial charge in [-0.25, -0.2) is 9.97 Å². The predicted octanol–water partition coefficient (Wildman–Crippen LogP) is 2.51. The molecule has 3 aromatic rings. The monoisotopic (exact) mass is 322 g/mol. The van der Waals surface area contributed by atoms with E-state index in [4.69, 9.17) is 4.74 Å². The standard InChI is InChI=1S/C18H18N4O2/c1-13-19-9-10-22(13)16-6-3-14(4-7-16)11-21-18(23)15-5-8-17(24-2)20-12-15/h3-10,12H,11H2,1-2H3,(H,21,23). The second kappa shape index (κ2) is 6.95. The molecule has 2 aromatic heterocycles. The van der Waals surface area contributed by atoms with Gasteiger partial charge in [-0.3, -0.25) is 4.79 Å². The lowest BCUT2D eigenvalue weighted by Crippen LogP contribution is -2.22. The number of hydrogen-bond acceptors (Lipinski definition) is 4. The predicted molar refractivity (Wildman–Crippen MR) is 90.3 cm³/mol. The molecule has 24 heavy (non-hydrogen) atoms. The topological polar surface area (TPSA) is 69.0 Å². The summed E-state index contributed by atoms with van der Waals surface area (Å²) in [6.07, 6.45) is 5.19. The van der Waals surface area contributed by atoms with Gasteiger partial charge in [-0.15, -0.1) is 0 Å². The molecule has 0 aliphatic carbocycles. The van der Waals surface area contributed by atoms with Crippen LogP contribution in [0, 0.1) is 6.92 Å². The second-order valence-electron chi connectivity index (χ2n) is 5.28. The number of nitrogens with one attached hydrogen (secondary N) is 1. The fourth-order valence-corrected chi connectivity index (χ4v) is 2.35. The van der Waals surface area contributed by atoms with Gasteiger partial charge in [0.15, 0.2) is 0 Å². The molecule has 1 aromatic carbocycles. The summed E-state index contributed by atoms with van der Waals surface area (Å²) >= 11 is 0. The number of amides is 1. The third-order valence-corrected chi connectivity index (χ3v) is 3.70. The van der Waals surface area contributed by atoms with E-state index >= 15 is 0 Å². The van der Waals surface area contributed by atoms with Crippen molar-refractivity contribution in [2.45, 2.75) is 13.5 Å². The van der Waals surface area contributed by atoms with Crippen molar-refractivity contribution in [2.75, 3.05) is 7.11 Å². The van der Waals surface area contributed by atoms with E-state index < -0.39 is 0 Å². The van der Waals surface area contributed by atoms with E-state index in [-0.39, 0.29) is 5.91 Å². The van der Waals surface area contributed by atoms with Crippen LogP contribution >= 0.6 is 0 Å². The zero-order valence-corrected chi connectivity index (χ0v) is 13.6. The summed E-state index contributed by atoms with van der Waals surface area (Å²) in [7, 11) is 1.54. The van der Waals surface area contributed by atoms with Crippen molar-refractivity contribution in [1.82, 2.24) is 19.9 Å². The first-order valence-corrected chi connectivity index (χ1v) is 7.55. The Labute approximate surface area is 140 Å². The zero-order chi connectivity index (χ0) is 16.9. The van der Waals surface area contributed by atoms with Gasteiger partial charge in [0.1, 0.15) is 5.82 Å². The van der Waals surface area contributed by atoms with Gasteiger partial charge in [-0.05, 0) is 30.7 Å². The Kier molecular flexibility index (Phi) is 4.56. The second-order valence-corrected chi connectivity index (χ2v) is 5.28. The highest BCUT2D eigenvalue weighted by molar-refractivity contribution is 5.93. The molecule has 3 rings (SSSR count). The molecule has 6 nitrogen and oxygen atoms in total. The van der Waals surface area contributed by atoms with Crippen molar-refractivity contribution in [3.05, 3.63) is 71.9 Å². The Hall–Kier alpha value is -3.15. The van der Waals surface area contributed by atoms with Crippen LogP contribution < -0.4 is 10.1 Å². The van der Waals surface area contributed by atoms with Crippen molar-refractivity contribution in [3.8, 4) is 11.6 Å². The molecule has 1 N–H and O–H groups in total. The average molecular weight is 322 g/mol. The molecule has 122 valence electrons. The quantitative estimate of drug-likeness (QED) is 0.783. The molecule has 0 saturated carbocycles. The van der Waals surface area contributed by atoms with Crippen LogP contribution in [-0.4, -0.2) is 27.6 Å². The summed E-state index contributed by atoms with van der Waals surface area (Å²) in [5, 5.41) is 2.88. The number of rotatable bonds is 5. The van der Waals surface area contributed by atoms with Gasteiger partial charge in [0.05, 0.1) is 12.7 Å². The summed E-state index contributed by atoms with van der Waals surface area (Å²) < 4.78 is 6.98. The number of ether oxygens (including phenoxy) is 1. The van der Waals surface area contributed by atoms with Crippen LogP contribution in [0.25, 0.3) is 5.69 Å². The number of imidazole rings is 1. The van der Waals surface area contributed by atoms with Crippen LogP contribution in [0.15, 0.2) is 55.0 Å². The minimum atomic E-state index is -0.167. The molecule has 0 aliphatic heterocycles. The van der Waals surface area contributed by atoms with Crippen molar-refractivity contribution in [3.63, 3.8) is 0 Å². The fraction of sp³-hybridized carbons (Fsp3) is 0.167. The molecule has 2 heterocycles.